The van der Waals surface area contributed by atoms with Crippen molar-refractivity contribution < 1.29 is 0 Å². The molecule has 3 nitrogen and oxygen atoms in total. The van der Waals surface area contributed by atoms with Crippen LogP contribution < -0.4 is 10.6 Å². The van der Waals surface area contributed by atoms with Gasteiger partial charge in [0.1, 0.15) is 0 Å². The van der Waals surface area contributed by atoms with Crippen LogP contribution in [0.2, 0.25) is 5.02 Å². The first-order valence-corrected chi connectivity index (χ1v) is 8.59. The van der Waals surface area contributed by atoms with E-state index in [1.807, 2.05) is 24.3 Å². The van der Waals surface area contributed by atoms with E-state index in [-0.39, 0.29) is 24.0 Å². The topological polar surface area (TPSA) is 36.4 Å². The second-order valence-electron chi connectivity index (χ2n) is 4.80. The van der Waals surface area contributed by atoms with E-state index in [0.717, 1.165) is 34.9 Å². The minimum absolute atomic E-state index is 0. The van der Waals surface area contributed by atoms with Crippen molar-refractivity contribution in [2.24, 2.45) is 4.99 Å². The lowest BCUT2D eigenvalue weighted by molar-refractivity contribution is 0.727. The summed E-state index contributed by atoms with van der Waals surface area (Å²) in [5, 5.41) is 8.21. The molecule has 2 N–H and O–H groups in total. The zero-order valence-corrected chi connectivity index (χ0v) is 16.2. The Kier molecular flexibility index (Phi) is 9.51. The minimum atomic E-state index is 0. The fourth-order valence-electron chi connectivity index (χ4n) is 2.15. The number of halogens is 2. The number of hydrogen-bond acceptors (Lipinski definition) is 2. The van der Waals surface area contributed by atoms with Crippen LogP contribution in [0.1, 0.15) is 25.3 Å². The SMILES string of the molecule is CCNC(=NCc1ccccc1Cl)NCC1CCCS1.I. The Labute approximate surface area is 153 Å². The van der Waals surface area contributed by atoms with Gasteiger partial charge in [-0.05, 0) is 37.1 Å². The number of thioether (sulfide) groups is 1. The van der Waals surface area contributed by atoms with Gasteiger partial charge < -0.3 is 10.6 Å². The molecule has 0 radical (unpaired) electrons. The van der Waals surface area contributed by atoms with Crippen LogP contribution in [-0.4, -0.2) is 30.1 Å². The molecule has 1 heterocycles. The molecule has 0 amide bonds. The van der Waals surface area contributed by atoms with Crippen molar-refractivity contribution in [3.63, 3.8) is 0 Å². The first-order chi connectivity index (χ1) is 9.79. The van der Waals surface area contributed by atoms with Crippen LogP contribution in [0, 0.1) is 0 Å². The lowest BCUT2D eigenvalue weighted by Crippen LogP contribution is -2.40. The van der Waals surface area contributed by atoms with Gasteiger partial charge in [0.2, 0.25) is 0 Å². The lowest BCUT2D eigenvalue weighted by Gasteiger charge is -2.14. The summed E-state index contributed by atoms with van der Waals surface area (Å²) in [5.41, 5.74) is 1.06. The highest BCUT2D eigenvalue weighted by Gasteiger charge is 2.15. The highest BCUT2D eigenvalue weighted by molar-refractivity contribution is 14.0. The highest BCUT2D eigenvalue weighted by atomic mass is 127. The quantitative estimate of drug-likeness (QED) is 0.415. The zero-order valence-electron chi connectivity index (χ0n) is 12.3. The van der Waals surface area contributed by atoms with E-state index >= 15 is 0 Å². The molecule has 1 unspecified atom stereocenters. The number of guanidine groups is 1. The van der Waals surface area contributed by atoms with Gasteiger partial charge in [-0.3, -0.25) is 0 Å². The molecule has 1 atom stereocenters. The first-order valence-electron chi connectivity index (χ1n) is 7.16. The van der Waals surface area contributed by atoms with Gasteiger partial charge in [-0.2, -0.15) is 11.8 Å². The molecule has 0 bridgehead atoms. The van der Waals surface area contributed by atoms with Gasteiger partial charge in [-0.15, -0.1) is 24.0 Å². The van der Waals surface area contributed by atoms with Crippen molar-refractivity contribution >= 4 is 53.3 Å². The molecule has 1 fully saturated rings. The maximum atomic E-state index is 6.15. The molecule has 0 spiro atoms. The molecule has 0 saturated carbocycles. The molecule has 1 saturated heterocycles. The predicted octanol–water partition coefficient (Wildman–Crippen LogP) is 3.91. The second-order valence-corrected chi connectivity index (χ2v) is 6.62. The summed E-state index contributed by atoms with van der Waals surface area (Å²) < 4.78 is 0. The summed E-state index contributed by atoms with van der Waals surface area (Å²) in [7, 11) is 0. The maximum absolute atomic E-state index is 6.15. The Balaban J connectivity index is 0.00000220. The molecule has 1 aromatic rings. The number of hydrogen-bond donors (Lipinski definition) is 2. The molecule has 0 aliphatic carbocycles. The van der Waals surface area contributed by atoms with E-state index in [1.165, 1.54) is 18.6 Å². The zero-order chi connectivity index (χ0) is 14.2. The van der Waals surface area contributed by atoms with Crippen molar-refractivity contribution in [2.45, 2.75) is 31.6 Å². The molecular formula is C15H23ClIN3S. The maximum Gasteiger partial charge on any atom is 0.191 e. The van der Waals surface area contributed by atoms with Crippen LogP contribution >= 0.6 is 47.3 Å². The standard InChI is InChI=1S/C15H22ClN3S.HI/c1-2-17-15(19-11-13-7-5-9-20-13)18-10-12-6-3-4-8-14(12)16;/h3-4,6,8,13H,2,5,7,9-11H2,1H3,(H2,17,18,19);1H. The Bertz CT molecular complexity index is 450. The summed E-state index contributed by atoms with van der Waals surface area (Å²) in [6.07, 6.45) is 2.64. The minimum Gasteiger partial charge on any atom is -0.357 e. The monoisotopic (exact) mass is 439 g/mol. The summed E-state index contributed by atoms with van der Waals surface area (Å²) in [6.45, 7) is 4.54. The van der Waals surface area contributed by atoms with E-state index < -0.39 is 0 Å². The summed E-state index contributed by atoms with van der Waals surface area (Å²) in [5.74, 6) is 2.17. The van der Waals surface area contributed by atoms with Crippen LogP contribution in [0.25, 0.3) is 0 Å². The summed E-state index contributed by atoms with van der Waals surface area (Å²) in [6, 6.07) is 7.85. The van der Waals surface area contributed by atoms with Crippen LogP contribution in [0.15, 0.2) is 29.3 Å². The second kappa shape index (κ2) is 10.6. The molecule has 0 aromatic heterocycles. The fraction of sp³-hybridized carbons (Fsp3) is 0.533. The third-order valence-corrected chi connectivity index (χ3v) is 5.00. The van der Waals surface area contributed by atoms with E-state index in [1.54, 1.807) is 0 Å². The molecule has 6 heteroatoms. The first kappa shape index (κ1) is 18.9. The van der Waals surface area contributed by atoms with Crippen LogP contribution in [0.3, 0.4) is 0 Å². The van der Waals surface area contributed by atoms with Gasteiger partial charge in [0, 0.05) is 23.4 Å². The lowest BCUT2D eigenvalue weighted by atomic mass is 10.2. The molecule has 21 heavy (non-hydrogen) atoms. The van der Waals surface area contributed by atoms with Crippen molar-refractivity contribution in [1.82, 2.24) is 10.6 Å². The Hall–Kier alpha value is -0.140. The van der Waals surface area contributed by atoms with Crippen LogP contribution in [-0.2, 0) is 6.54 Å². The average molecular weight is 440 g/mol. The highest BCUT2D eigenvalue weighted by Crippen LogP contribution is 2.25. The molecule has 1 aliphatic rings. The van der Waals surface area contributed by atoms with E-state index in [2.05, 4.69) is 34.3 Å². The third-order valence-electron chi connectivity index (χ3n) is 3.23. The summed E-state index contributed by atoms with van der Waals surface area (Å²) >= 11 is 8.20. The molecule has 1 aromatic carbocycles. The van der Waals surface area contributed by atoms with Gasteiger partial charge in [0.15, 0.2) is 5.96 Å². The van der Waals surface area contributed by atoms with E-state index in [4.69, 9.17) is 11.6 Å². The smallest absolute Gasteiger partial charge is 0.191 e. The predicted molar refractivity (Wildman–Crippen MR) is 105 cm³/mol. The molecule has 1 aliphatic heterocycles. The van der Waals surface area contributed by atoms with Gasteiger partial charge in [-0.25, -0.2) is 4.99 Å². The third kappa shape index (κ3) is 6.65. The molecule has 2 rings (SSSR count). The number of nitrogens with one attached hydrogen (secondary N) is 2. The summed E-state index contributed by atoms with van der Waals surface area (Å²) in [4.78, 5) is 4.61. The Morgan fingerprint density at radius 2 is 2.19 bits per heavy atom. The van der Waals surface area contributed by atoms with Crippen molar-refractivity contribution in [3.8, 4) is 0 Å². The van der Waals surface area contributed by atoms with E-state index in [0.29, 0.717) is 6.54 Å². The fourth-order valence-corrected chi connectivity index (χ4v) is 3.55. The van der Waals surface area contributed by atoms with Gasteiger partial charge in [-0.1, -0.05) is 29.8 Å². The van der Waals surface area contributed by atoms with Crippen molar-refractivity contribution in [1.29, 1.82) is 0 Å². The van der Waals surface area contributed by atoms with E-state index in [9.17, 15) is 0 Å². The van der Waals surface area contributed by atoms with Gasteiger partial charge >= 0.3 is 0 Å². The van der Waals surface area contributed by atoms with Gasteiger partial charge in [0.25, 0.3) is 0 Å². The van der Waals surface area contributed by atoms with Gasteiger partial charge in [0.05, 0.1) is 6.54 Å². The average Bonchev–Trinajstić information content (AvgIpc) is 2.97. The Morgan fingerprint density at radius 3 is 2.86 bits per heavy atom. The number of rotatable bonds is 5. The Morgan fingerprint density at radius 1 is 1.38 bits per heavy atom. The van der Waals surface area contributed by atoms with Crippen LogP contribution in [0.4, 0.5) is 0 Å². The van der Waals surface area contributed by atoms with Crippen molar-refractivity contribution in [2.75, 3.05) is 18.8 Å². The molecule has 118 valence electrons. The number of aliphatic imine (C=N–C) groups is 1. The largest absolute Gasteiger partial charge is 0.357 e. The molecular weight excluding hydrogens is 417 g/mol. The van der Waals surface area contributed by atoms with Crippen LogP contribution in [0.5, 0.6) is 0 Å². The normalized spacial score (nSPS) is 18.2. The van der Waals surface area contributed by atoms with Crippen molar-refractivity contribution in [3.05, 3.63) is 34.9 Å². The number of nitrogens with zero attached hydrogens (tertiary/aromatic N) is 1. The number of benzene rings is 1.